The molecule has 0 bridgehead atoms. The molecular formula is C17H14N2O3S2. The first-order chi connectivity index (χ1) is 11.7. The van der Waals surface area contributed by atoms with Crippen molar-refractivity contribution in [2.24, 2.45) is 0 Å². The number of nitrogens with zero attached hydrogens (tertiary/aromatic N) is 1. The summed E-state index contributed by atoms with van der Waals surface area (Å²) in [5.74, 6) is -0.819. The molecule has 0 aliphatic heterocycles. The highest BCUT2D eigenvalue weighted by molar-refractivity contribution is 7.14. The van der Waals surface area contributed by atoms with Crippen LogP contribution in [-0.4, -0.2) is 23.5 Å². The van der Waals surface area contributed by atoms with Crippen LogP contribution >= 0.6 is 22.7 Å². The molecule has 0 radical (unpaired) electrons. The van der Waals surface area contributed by atoms with Crippen LogP contribution in [0.4, 0.5) is 5.13 Å². The second-order valence-corrected chi connectivity index (χ2v) is 6.76. The minimum absolute atomic E-state index is 0.181. The smallest absolute Gasteiger partial charge is 0.311 e. The number of ether oxygens (including phenoxy) is 1. The Hall–Kier alpha value is -2.51. The van der Waals surface area contributed by atoms with Crippen LogP contribution in [0.2, 0.25) is 0 Å². The summed E-state index contributed by atoms with van der Waals surface area (Å²) < 4.78 is 4.97. The van der Waals surface area contributed by atoms with Gasteiger partial charge in [-0.2, -0.15) is 0 Å². The predicted molar refractivity (Wildman–Crippen MR) is 95.2 cm³/mol. The van der Waals surface area contributed by atoms with E-state index in [1.54, 1.807) is 0 Å². The van der Waals surface area contributed by atoms with Gasteiger partial charge in [-0.3, -0.25) is 14.9 Å². The molecule has 0 spiro atoms. The molecular weight excluding hydrogens is 344 g/mol. The fourth-order valence-corrected chi connectivity index (χ4v) is 3.41. The number of benzene rings is 1. The number of hydrogen-bond donors (Lipinski definition) is 1. The summed E-state index contributed by atoms with van der Waals surface area (Å²) in [6, 6.07) is 13.4. The lowest BCUT2D eigenvalue weighted by Crippen LogP contribution is -2.21. The lowest BCUT2D eigenvalue weighted by atomic mass is 10.2. The second kappa shape index (κ2) is 7.85. The molecule has 0 atom stereocenters. The number of carbonyl (C=O) groups is 2. The molecule has 0 saturated carbocycles. The molecule has 0 aliphatic carbocycles. The van der Waals surface area contributed by atoms with Gasteiger partial charge in [0.25, 0.3) is 5.91 Å². The number of anilines is 1. The maximum atomic E-state index is 11.8. The fourth-order valence-electron chi connectivity index (χ4n) is 1.98. The van der Waals surface area contributed by atoms with Crippen molar-refractivity contribution >= 4 is 39.7 Å². The minimum Gasteiger partial charge on any atom is -0.455 e. The average Bonchev–Trinajstić information content (AvgIpc) is 3.26. The van der Waals surface area contributed by atoms with Gasteiger partial charge in [-0.15, -0.1) is 22.7 Å². The van der Waals surface area contributed by atoms with Gasteiger partial charge < -0.3 is 4.74 Å². The lowest BCUT2D eigenvalue weighted by molar-refractivity contribution is -0.146. The topological polar surface area (TPSA) is 68.3 Å². The number of hydrogen-bond acceptors (Lipinski definition) is 6. The van der Waals surface area contributed by atoms with E-state index in [-0.39, 0.29) is 13.0 Å². The van der Waals surface area contributed by atoms with Gasteiger partial charge in [-0.25, -0.2) is 4.98 Å². The van der Waals surface area contributed by atoms with Crippen molar-refractivity contribution in [1.29, 1.82) is 0 Å². The van der Waals surface area contributed by atoms with E-state index < -0.39 is 11.9 Å². The van der Waals surface area contributed by atoms with Gasteiger partial charge in [0.05, 0.1) is 12.1 Å². The molecule has 0 saturated heterocycles. The van der Waals surface area contributed by atoms with E-state index in [1.165, 1.54) is 22.7 Å². The van der Waals surface area contributed by atoms with Crippen molar-refractivity contribution in [1.82, 2.24) is 4.98 Å². The van der Waals surface area contributed by atoms with Crippen molar-refractivity contribution in [3.05, 3.63) is 58.1 Å². The highest BCUT2D eigenvalue weighted by Crippen LogP contribution is 2.24. The average molecular weight is 358 g/mol. The third-order valence-corrected chi connectivity index (χ3v) is 4.72. The predicted octanol–water partition coefficient (Wildman–Crippen LogP) is 3.60. The minimum atomic E-state index is -0.420. The summed E-state index contributed by atoms with van der Waals surface area (Å²) in [6.45, 7) is -0.315. The van der Waals surface area contributed by atoms with Crippen LogP contribution in [-0.2, 0) is 20.7 Å². The van der Waals surface area contributed by atoms with E-state index in [9.17, 15) is 9.59 Å². The van der Waals surface area contributed by atoms with E-state index in [1.807, 2.05) is 53.2 Å². The number of aromatic nitrogens is 1. The number of nitrogens with one attached hydrogen (secondary N) is 1. The van der Waals surface area contributed by atoms with E-state index >= 15 is 0 Å². The Balaban J connectivity index is 1.48. The molecule has 5 nitrogen and oxygen atoms in total. The van der Waals surface area contributed by atoms with Gasteiger partial charge in [-0.1, -0.05) is 36.4 Å². The van der Waals surface area contributed by atoms with Crippen LogP contribution in [0, 0.1) is 0 Å². The monoisotopic (exact) mass is 358 g/mol. The van der Waals surface area contributed by atoms with Gasteiger partial charge >= 0.3 is 5.97 Å². The summed E-state index contributed by atoms with van der Waals surface area (Å²) in [5.41, 5.74) is 1.78. The summed E-state index contributed by atoms with van der Waals surface area (Å²) in [6.07, 6.45) is 0.181. The highest BCUT2D eigenvalue weighted by Gasteiger charge is 2.11. The van der Waals surface area contributed by atoms with Crippen molar-refractivity contribution < 1.29 is 14.3 Å². The summed E-state index contributed by atoms with van der Waals surface area (Å²) in [7, 11) is 0. The summed E-state index contributed by atoms with van der Waals surface area (Å²) >= 11 is 2.81. The maximum Gasteiger partial charge on any atom is 0.311 e. The van der Waals surface area contributed by atoms with Crippen molar-refractivity contribution in [3.8, 4) is 11.3 Å². The number of thiophene rings is 1. The van der Waals surface area contributed by atoms with E-state index in [4.69, 9.17) is 4.74 Å². The third kappa shape index (κ3) is 4.50. The molecule has 3 rings (SSSR count). The van der Waals surface area contributed by atoms with Crippen LogP contribution in [0.5, 0.6) is 0 Å². The fraction of sp³-hybridized carbons (Fsp3) is 0.118. The zero-order valence-corrected chi connectivity index (χ0v) is 14.2. The van der Waals surface area contributed by atoms with Gasteiger partial charge in [0, 0.05) is 15.8 Å². The molecule has 2 aromatic heterocycles. The van der Waals surface area contributed by atoms with Crippen molar-refractivity contribution in [2.75, 3.05) is 11.9 Å². The zero-order chi connectivity index (χ0) is 16.8. The highest BCUT2D eigenvalue weighted by atomic mass is 32.1. The number of amides is 1. The van der Waals surface area contributed by atoms with E-state index in [2.05, 4.69) is 10.3 Å². The molecule has 0 fully saturated rings. The Morgan fingerprint density at radius 3 is 2.67 bits per heavy atom. The quantitative estimate of drug-likeness (QED) is 0.684. The van der Waals surface area contributed by atoms with Crippen LogP contribution in [0.15, 0.2) is 53.2 Å². The Morgan fingerprint density at radius 1 is 1.08 bits per heavy atom. The molecule has 0 unspecified atom stereocenters. The molecule has 0 aliphatic rings. The van der Waals surface area contributed by atoms with Gasteiger partial charge in [0.15, 0.2) is 11.7 Å². The standard InChI is InChI=1S/C17H14N2O3S2/c20-15(10-22-16(21)9-13-7-4-8-23-13)19-17-18-14(11-24-17)12-5-2-1-3-6-12/h1-8,11H,9-10H2,(H,18,19,20). The van der Waals surface area contributed by atoms with Crippen LogP contribution in [0.3, 0.4) is 0 Å². The molecule has 7 heteroatoms. The van der Waals surface area contributed by atoms with Crippen molar-refractivity contribution in [3.63, 3.8) is 0 Å². The van der Waals surface area contributed by atoms with Gasteiger partial charge in [0.2, 0.25) is 0 Å². The molecule has 24 heavy (non-hydrogen) atoms. The Morgan fingerprint density at radius 2 is 1.92 bits per heavy atom. The second-order valence-electron chi connectivity index (χ2n) is 4.87. The Bertz CT molecular complexity index is 814. The summed E-state index contributed by atoms with van der Waals surface area (Å²) in [4.78, 5) is 28.8. The van der Waals surface area contributed by atoms with Gasteiger partial charge in [0.1, 0.15) is 0 Å². The first-order valence-electron chi connectivity index (χ1n) is 7.19. The molecule has 1 N–H and O–H groups in total. The van der Waals surface area contributed by atoms with E-state index in [0.29, 0.717) is 5.13 Å². The normalized spacial score (nSPS) is 10.3. The van der Waals surface area contributed by atoms with E-state index in [0.717, 1.165) is 16.1 Å². The number of esters is 1. The Labute approximate surface area is 146 Å². The molecule has 122 valence electrons. The number of carbonyl (C=O) groups excluding carboxylic acids is 2. The zero-order valence-electron chi connectivity index (χ0n) is 12.6. The maximum absolute atomic E-state index is 11.8. The first-order valence-corrected chi connectivity index (χ1v) is 8.95. The van der Waals surface area contributed by atoms with Crippen LogP contribution in [0.25, 0.3) is 11.3 Å². The number of thiazole rings is 1. The molecule has 1 amide bonds. The Kier molecular flexibility index (Phi) is 5.35. The SMILES string of the molecule is O=C(COC(=O)Cc1cccs1)Nc1nc(-c2ccccc2)cs1. The van der Waals surface area contributed by atoms with Gasteiger partial charge in [-0.05, 0) is 11.4 Å². The number of rotatable bonds is 6. The third-order valence-electron chi connectivity index (χ3n) is 3.08. The first kappa shape index (κ1) is 16.4. The van der Waals surface area contributed by atoms with Crippen LogP contribution in [0.1, 0.15) is 4.88 Å². The van der Waals surface area contributed by atoms with Crippen molar-refractivity contribution in [2.45, 2.75) is 6.42 Å². The lowest BCUT2D eigenvalue weighted by Gasteiger charge is -2.03. The molecule has 3 aromatic rings. The molecule has 1 aromatic carbocycles. The largest absolute Gasteiger partial charge is 0.455 e. The molecule has 2 heterocycles. The van der Waals surface area contributed by atoms with Crippen LogP contribution < -0.4 is 5.32 Å². The summed E-state index contributed by atoms with van der Waals surface area (Å²) in [5, 5.41) is 6.88.